The van der Waals surface area contributed by atoms with E-state index in [1.54, 1.807) is 13.8 Å². The first-order valence-corrected chi connectivity index (χ1v) is 7.40. The van der Waals surface area contributed by atoms with Gasteiger partial charge in [0.2, 0.25) is 0 Å². The third-order valence-corrected chi connectivity index (χ3v) is 4.34. The van der Waals surface area contributed by atoms with Crippen molar-refractivity contribution in [2.45, 2.75) is 85.0 Å². The first-order valence-electron chi connectivity index (χ1n) is 7.40. The van der Waals surface area contributed by atoms with Crippen LogP contribution >= 0.6 is 0 Å². The molecule has 110 valence electrons. The topological polar surface area (TPSA) is 60.7 Å². The molecular formula is C15H32O3. The molecule has 0 aliphatic rings. The second kappa shape index (κ2) is 8.13. The summed E-state index contributed by atoms with van der Waals surface area (Å²) < 4.78 is 0. The van der Waals surface area contributed by atoms with E-state index in [0.717, 1.165) is 12.8 Å². The third-order valence-electron chi connectivity index (χ3n) is 4.34. The Labute approximate surface area is 112 Å². The number of hydrogen-bond acceptors (Lipinski definition) is 3. The Morgan fingerprint density at radius 2 is 1.28 bits per heavy atom. The van der Waals surface area contributed by atoms with E-state index in [4.69, 9.17) is 0 Å². The molecule has 0 bridgehead atoms. The van der Waals surface area contributed by atoms with Gasteiger partial charge in [0.1, 0.15) is 0 Å². The Morgan fingerprint density at radius 3 is 1.72 bits per heavy atom. The van der Waals surface area contributed by atoms with Crippen molar-refractivity contribution < 1.29 is 15.3 Å². The monoisotopic (exact) mass is 260 g/mol. The molecule has 0 aliphatic carbocycles. The molecule has 0 amide bonds. The summed E-state index contributed by atoms with van der Waals surface area (Å²) in [5.41, 5.74) is -0.894. The van der Waals surface area contributed by atoms with E-state index in [1.807, 2.05) is 6.92 Å². The van der Waals surface area contributed by atoms with Crippen molar-refractivity contribution in [3.63, 3.8) is 0 Å². The van der Waals surface area contributed by atoms with Crippen LogP contribution in [0.25, 0.3) is 0 Å². The zero-order valence-corrected chi connectivity index (χ0v) is 12.6. The highest BCUT2D eigenvalue weighted by molar-refractivity contribution is 4.81. The van der Waals surface area contributed by atoms with Gasteiger partial charge >= 0.3 is 0 Å². The van der Waals surface area contributed by atoms with Gasteiger partial charge in [0.25, 0.3) is 5.97 Å². The van der Waals surface area contributed by atoms with Crippen molar-refractivity contribution >= 4 is 0 Å². The minimum Gasteiger partial charge on any atom is -0.343 e. The Kier molecular flexibility index (Phi) is 8.08. The maximum atomic E-state index is 9.33. The summed E-state index contributed by atoms with van der Waals surface area (Å²) >= 11 is 0. The van der Waals surface area contributed by atoms with Gasteiger partial charge in [-0.1, -0.05) is 72.6 Å². The fourth-order valence-electron chi connectivity index (χ4n) is 2.10. The van der Waals surface area contributed by atoms with Gasteiger partial charge in [-0.15, -0.1) is 0 Å². The van der Waals surface area contributed by atoms with Gasteiger partial charge in [-0.25, -0.2) is 0 Å². The van der Waals surface area contributed by atoms with E-state index < -0.39 is 11.4 Å². The highest BCUT2D eigenvalue weighted by Gasteiger charge is 2.44. The zero-order chi connectivity index (χ0) is 14.2. The quantitative estimate of drug-likeness (QED) is 0.416. The molecule has 1 unspecified atom stereocenters. The number of aliphatic hydroxyl groups is 3. The molecular weight excluding hydrogens is 228 g/mol. The lowest BCUT2D eigenvalue weighted by atomic mass is 9.75. The number of unbranched alkanes of at least 4 members (excludes halogenated alkanes) is 6. The Balaban J connectivity index is 3.74. The minimum absolute atomic E-state index is 0.0770. The Morgan fingerprint density at radius 1 is 0.833 bits per heavy atom. The molecule has 0 radical (unpaired) electrons. The third kappa shape index (κ3) is 6.17. The smallest absolute Gasteiger partial charge is 0.280 e. The number of rotatable bonds is 10. The second-order valence-corrected chi connectivity index (χ2v) is 6.17. The molecule has 0 saturated carbocycles. The van der Waals surface area contributed by atoms with E-state index >= 15 is 0 Å². The van der Waals surface area contributed by atoms with E-state index in [2.05, 4.69) is 6.92 Å². The molecule has 0 aromatic carbocycles. The van der Waals surface area contributed by atoms with Crippen LogP contribution < -0.4 is 0 Å². The largest absolute Gasteiger partial charge is 0.343 e. The van der Waals surface area contributed by atoms with E-state index in [-0.39, 0.29) is 5.92 Å². The van der Waals surface area contributed by atoms with Crippen LogP contribution in [0.5, 0.6) is 0 Å². The molecule has 0 aromatic heterocycles. The van der Waals surface area contributed by atoms with Gasteiger partial charge in [-0.2, -0.15) is 0 Å². The number of hydrogen-bond donors (Lipinski definition) is 3. The van der Waals surface area contributed by atoms with Crippen LogP contribution in [0.2, 0.25) is 0 Å². The average molecular weight is 260 g/mol. The van der Waals surface area contributed by atoms with Gasteiger partial charge in [0, 0.05) is 5.41 Å². The van der Waals surface area contributed by atoms with E-state index in [0.29, 0.717) is 0 Å². The van der Waals surface area contributed by atoms with E-state index in [9.17, 15) is 15.3 Å². The first kappa shape index (κ1) is 17.9. The molecule has 0 aromatic rings. The summed E-state index contributed by atoms with van der Waals surface area (Å²) in [5.74, 6) is -2.51. The predicted octanol–water partition coefficient (Wildman–Crippen LogP) is 3.42. The van der Waals surface area contributed by atoms with E-state index in [1.165, 1.54) is 38.5 Å². The second-order valence-electron chi connectivity index (χ2n) is 6.17. The van der Waals surface area contributed by atoms with Crippen molar-refractivity contribution in [2.24, 2.45) is 11.3 Å². The summed E-state index contributed by atoms with van der Waals surface area (Å²) in [6.45, 7) is 7.57. The normalized spacial score (nSPS) is 14.8. The fourth-order valence-corrected chi connectivity index (χ4v) is 2.10. The van der Waals surface area contributed by atoms with Crippen molar-refractivity contribution in [1.82, 2.24) is 0 Å². The highest BCUT2D eigenvalue weighted by Crippen LogP contribution is 2.37. The van der Waals surface area contributed by atoms with Crippen LogP contribution in [0.1, 0.15) is 79.1 Å². The average Bonchev–Trinajstić information content (AvgIpc) is 2.26. The molecule has 3 nitrogen and oxygen atoms in total. The summed E-state index contributed by atoms with van der Waals surface area (Å²) in [7, 11) is 0. The molecule has 0 spiro atoms. The molecule has 0 aliphatic heterocycles. The van der Waals surface area contributed by atoms with Gasteiger partial charge in [-0.05, 0) is 12.3 Å². The van der Waals surface area contributed by atoms with Crippen LogP contribution in [0, 0.1) is 11.3 Å². The van der Waals surface area contributed by atoms with Gasteiger partial charge in [0.15, 0.2) is 0 Å². The summed E-state index contributed by atoms with van der Waals surface area (Å²) in [6, 6.07) is 0. The van der Waals surface area contributed by atoms with Gasteiger partial charge in [-0.3, -0.25) is 0 Å². The highest BCUT2D eigenvalue weighted by atomic mass is 16.7. The molecule has 0 saturated heterocycles. The predicted molar refractivity (Wildman–Crippen MR) is 74.9 cm³/mol. The van der Waals surface area contributed by atoms with Crippen LogP contribution in [-0.2, 0) is 0 Å². The van der Waals surface area contributed by atoms with Crippen LogP contribution in [0.15, 0.2) is 0 Å². The molecule has 0 fully saturated rings. The summed E-state index contributed by atoms with van der Waals surface area (Å²) in [6.07, 6.45) is 9.69. The molecule has 3 N–H and O–H groups in total. The van der Waals surface area contributed by atoms with Crippen LogP contribution in [-0.4, -0.2) is 21.3 Å². The molecule has 0 rings (SSSR count). The molecule has 3 heteroatoms. The first-order chi connectivity index (χ1) is 8.23. The lowest BCUT2D eigenvalue weighted by Gasteiger charge is -2.38. The summed E-state index contributed by atoms with van der Waals surface area (Å²) in [4.78, 5) is 0. The van der Waals surface area contributed by atoms with Crippen LogP contribution in [0.4, 0.5) is 0 Å². The Bertz CT molecular complexity index is 206. The lowest BCUT2D eigenvalue weighted by Crippen LogP contribution is -2.48. The Hall–Kier alpha value is -0.120. The van der Waals surface area contributed by atoms with Crippen molar-refractivity contribution in [1.29, 1.82) is 0 Å². The minimum atomic E-state index is -2.59. The maximum Gasteiger partial charge on any atom is 0.280 e. The SMILES string of the molecule is CCCCCCCCCC(C)C(C)(C)C(O)(O)O. The summed E-state index contributed by atoms with van der Waals surface area (Å²) in [5, 5.41) is 28.0. The van der Waals surface area contributed by atoms with Gasteiger partial charge in [0.05, 0.1) is 0 Å². The molecule has 18 heavy (non-hydrogen) atoms. The van der Waals surface area contributed by atoms with Crippen LogP contribution in [0.3, 0.4) is 0 Å². The molecule has 0 heterocycles. The van der Waals surface area contributed by atoms with Crippen molar-refractivity contribution in [2.75, 3.05) is 0 Å². The molecule has 1 atom stereocenters. The zero-order valence-electron chi connectivity index (χ0n) is 12.6. The lowest BCUT2D eigenvalue weighted by molar-refractivity contribution is -0.376. The van der Waals surface area contributed by atoms with Crippen molar-refractivity contribution in [3.05, 3.63) is 0 Å². The standard InChI is InChI=1S/C15H32O3/c1-5-6-7-8-9-10-11-12-13(2)14(3,4)15(16,17)18/h13,16-18H,5-12H2,1-4H3. The maximum absolute atomic E-state index is 9.33. The fraction of sp³-hybridized carbons (Fsp3) is 1.00. The van der Waals surface area contributed by atoms with Crippen molar-refractivity contribution in [3.8, 4) is 0 Å². The van der Waals surface area contributed by atoms with Gasteiger partial charge < -0.3 is 15.3 Å².